The Morgan fingerprint density at radius 1 is 1.06 bits per heavy atom. The zero-order chi connectivity index (χ0) is 12.0. The van der Waals surface area contributed by atoms with E-state index in [2.05, 4.69) is 6.92 Å². The van der Waals surface area contributed by atoms with E-state index in [0.717, 1.165) is 12.3 Å². The van der Waals surface area contributed by atoms with Crippen molar-refractivity contribution in [1.82, 2.24) is 0 Å². The summed E-state index contributed by atoms with van der Waals surface area (Å²) in [6.07, 6.45) is 9.17. The van der Waals surface area contributed by atoms with Crippen LogP contribution in [0.25, 0.3) is 0 Å². The van der Waals surface area contributed by atoms with E-state index in [1.54, 1.807) is 0 Å². The molecule has 1 aliphatic carbocycles. The van der Waals surface area contributed by atoms with E-state index in [9.17, 15) is 9.59 Å². The topological polar surface area (TPSA) is 34.1 Å². The third-order valence-corrected chi connectivity index (χ3v) is 3.86. The van der Waals surface area contributed by atoms with Gasteiger partial charge in [0.15, 0.2) is 11.6 Å². The fourth-order valence-corrected chi connectivity index (χ4v) is 2.91. The van der Waals surface area contributed by atoms with Crippen LogP contribution in [0.1, 0.15) is 65.2 Å². The van der Waals surface area contributed by atoms with E-state index < -0.39 is 0 Å². The van der Waals surface area contributed by atoms with Crippen LogP contribution in [0.4, 0.5) is 0 Å². The minimum Gasteiger partial charge on any atom is -0.291 e. The molecule has 0 amide bonds. The highest BCUT2D eigenvalue weighted by atomic mass is 16.2. The van der Waals surface area contributed by atoms with E-state index in [1.165, 1.54) is 45.4 Å². The molecule has 2 atom stereocenters. The van der Waals surface area contributed by atoms with Crippen molar-refractivity contribution in [3.05, 3.63) is 0 Å². The second-order valence-corrected chi connectivity index (χ2v) is 5.11. The van der Waals surface area contributed by atoms with E-state index in [0.29, 0.717) is 12.3 Å². The average Bonchev–Trinajstić information content (AvgIpc) is 2.27. The Morgan fingerprint density at radius 3 is 2.12 bits per heavy atom. The molecule has 2 nitrogen and oxygen atoms in total. The molecule has 16 heavy (non-hydrogen) atoms. The standard InChI is InChI=1S/C14H24O2/c1-3-6-12-7-4-5-8-13(12)9-10-14(16)11(2)15/h12-13H,3-10H2,1-2H3. The summed E-state index contributed by atoms with van der Waals surface area (Å²) >= 11 is 0. The lowest BCUT2D eigenvalue weighted by Crippen LogP contribution is -2.21. The second-order valence-electron chi connectivity index (χ2n) is 5.11. The summed E-state index contributed by atoms with van der Waals surface area (Å²) in [4.78, 5) is 22.2. The van der Waals surface area contributed by atoms with Gasteiger partial charge in [0.25, 0.3) is 0 Å². The van der Waals surface area contributed by atoms with Crippen molar-refractivity contribution in [3.8, 4) is 0 Å². The van der Waals surface area contributed by atoms with E-state index in [1.807, 2.05) is 0 Å². The average molecular weight is 224 g/mol. The van der Waals surface area contributed by atoms with Crippen LogP contribution in [0, 0.1) is 11.8 Å². The normalized spacial score (nSPS) is 25.4. The smallest absolute Gasteiger partial charge is 0.198 e. The highest BCUT2D eigenvalue weighted by molar-refractivity contribution is 6.36. The second kappa shape index (κ2) is 6.82. The first-order valence-electron chi connectivity index (χ1n) is 6.69. The number of carbonyl (C=O) groups is 2. The Morgan fingerprint density at radius 2 is 1.62 bits per heavy atom. The SMILES string of the molecule is CCCC1CCCCC1CCC(=O)C(C)=O. The van der Waals surface area contributed by atoms with Gasteiger partial charge in [0, 0.05) is 13.3 Å². The fraction of sp³-hybridized carbons (Fsp3) is 0.857. The minimum absolute atomic E-state index is 0.180. The quantitative estimate of drug-likeness (QED) is 0.647. The molecule has 0 aliphatic heterocycles. The minimum atomic E-state index is -0.275. The van der Waals surface area contributed by atoms with E-state index >= 15 is 0 Å². The molecule has 0 saturated heterocycles. The molecule has 0 aromatic carbocycles. The van der Waals surface area contributed by atoms with E-state index in [4.69, 9.17) is 0 Å². The van der Waals surface area contributed by atoms with Gasteiger partial charge in [-0.25, -0.2) is 0 Å². The Bertz CT molecular complexity index is 243. The van der Waals surface area contributed by atoms with Gasteiger partial charge in [-0.05, 0) is 18.3 Å². The first kappa shape index (κ1) is 13.4. The van der Waals surface area contributed by atoms with Crippen LogP contribution in [0.15, 0.2) is 0 Å². The van der Waals surface area contributed by atoms with Gasteiger partial charge < -0.3 is 0 Å². The van der Waals surface area contributed by atoms with Crippen molar-refractivity contribution in [1.29, 1.82) is 0 Å². The first-order valence-corrected chi connectivity index (χ1v) is 6.69. The van der Waals surface area contributed by atoms with Crippen LogP contribution in [0.3, 0.4) is 0 Å². The van der Waals surface area contributed by atoms with Gasteiger partial charge in [-0.15, -0.1) is 0 Å². The van der Waals surface area contributed by atoms with Gasteiger partial charge in [-0.3, -0.25) is 9.59 Å². The summed E-state index contributed by atoms with van der Waals surface area (Å²) in [5.41, 5.74) is 0. The summed E-state index contributed by atoms with van der Waals surface area (Å²) in [6.45, 7) is 3.61. The lowest BCUT2D eigenvalue weighted by molar-refractivity contribution is -0.135. The van der Waals surface area contributed by atoms with Gasteiger partial charge in [0.2, 0.25) is 0 Å². The third kappa shape index (κ3) is 4.07. The maximum atomic E-state index is 11.3. The molecule has 0 heterocycles. The summed E-state index contributed by atoms with van der Waals surface area (Å²) in [5, 5.41) is 0. The number of ketones is 2. The van der Waals surface area contributed by atoms with Crippen molar-refractivity contribution in [3.63, 3.8) is 0 Å². The number of rotatable bonds is 6. The fourth-order valence-electron chi connectivity index (χ4n) is 2.91. The van der Waals surface area contributed by atoms with Crippen molar-refractivity contribution >= 4 is 11.6 Å². The van der Waals surface area contributed by atoms with Crippen LogP contribution in [-0.2, 0) is 9.59 Å². The molecule has 1 saturated carbocycles. The lowest BCUT2D eigenvalue weighted by atomic mass is 9.74. The van der Waals surface area contributed by atoms with Gasteiger partial charge in [0.1, 0.15) is 0 Å². The Balaban J connectivity index is 2.37. The number of Topliss-reactive ketones (excluding diaryl/α,β-unsaturated/α-hetero) is 2. The van der Waals surface area contributed by atoms with Crippen LogP contribution in [-0.4, -0.2) is 11.6 Å². The Hall–Kier alpha value is -0.660. The molecule has 0 aromatic heterocycles. The largest absolute Gasteiger partial charge is 0.291 e. The maximum absolute atomic E-state index is 11.3. The maximum Gasteiger partial charge on any atom is 0.198 e. The molecule has 2 unspecified atom stereocenters. The molecule has 0 spiro atoms. The molecule has 1 aliphatic rings. The molecular weight excluding hydrogens is 200 g/mol. The summed E-state index contributed by atoms with van der Waals surface area (Å²) < 4.78 is 0. The van der Waals surface area contributed by atoms with Crippen molar-refractivity contribution in [2.75, 3.05) is 0 Å². The molecule has 1 rings (SSSR count). The number of hydrogen-bond acceptors (Lipinski definition) is 2. The van der Waals surface area contributed by atoms with Crippen molar-refractivity contribution in [2.45, 2.75) is 65.2 Å². The predicted molar refractivity (Wildman–Crippen MR) is 65.3 cm³/mol. The van der Waals surface area contributed by atoms with Gasteiger partial charge in [-0.1, -0.05) is 45.4 Å². The number of carbonyl (C=O) groups excluding carboxylic acids is 2. The van der Waals surface area contributed by atoms with Crippen LogP contribution in [0.2, 0.25) is 0 Å². The Labute approximate surface area is 98.8 Å². The molecule has 0 N–H and O–H groups in total. The molecule has 0 bridgehead atoms. The summed E-state index contributed by atoms with van der Waals surface area (Å²) in [6, 6.07) is 0. The molecule has 2 heteroatoms. The van der Waals surface area contributed by atoms with E-state index in [-0.39, 0.29) is 11.6 Å². The highest BCUT2D eigenvalue weighted by Gasteiger charge is 2.25. The van der Waals surface area contributed by atoms with Gasteiger partial charge in [0.05, 0.1) is 0 Å². The van der Waals surface area contributed by atoms with Crippen LogP contribution < -0.4 is 0 Å². The van der Waals surface area contributed by atoms with Gasteiger partial charge in [-0.2, -0.15) is 0 Å². The monoisotopic (exact) mass is 224 g/mol. The zero-order valence-electron chi connectivity index (χ0n) is 10.6. The lowest BCUT2D eigenvalue weighted by Gasteiger charge is -2.31. The molecule has 0 aromatic rings. The zero-order valence-corrected chi connectivity index (χ0v) is 10.6. The third-order valence-electron chi connectivity index (χ3n) is 3.86. The van der Waals surface area contributed by atoms with Crippen molar-refractivity contribution < 1.29 is 9.59 Å². The number of hydrogen-bond donors (Lipinski definition) is 0. The van der Waals surface area contributed by atoms with Crippen molar-refractivity contribution in [2.24, 2.45) is 11.8 Å². The summed E-state index contributed by atoms with van der Waals surface area (Å²) in [7, 11) is 0. The molecular formula is C14H24O2. The molecule has 1 fully saturated rings. The van der Waals surface area contributed by atoms with Gasteiger partial charge >= 0.3 is 0 Å². The predicted octanol–water partition coefficient (Wildman–Crippen LogP) is 3.53. The Kier molecular flexibility index (Phi) is 5.72. The highest BCUT2D eigenvalue weighted by Crippen LogP contribution is 2.35. The first-order chi connectivity index (χ1) is 7.65. The van der Waals surface area contributed by atoms with Crippen LogP contribution >= 0.6 is 0 Å². The molecule has 0 radical (unpaired) electrons. The summed E-state index contributed by atoms with van der Waals surface area (Å²) in [5.74, 6) is 1.04. The molecule has 92 valence electrons. The van der Waals surface area contributed by atoms with Crippen LogP contribution in [0.5, 0.6) is 0 Å².